The molecular weight excluding hydrogens is 316 g/mol. The van der Waals surface area contributed by atoms with Crippen molar-refractivity contribution in [2.24, 2.45) is 0 Å². The van der Waals surface area contributed by atoms with E-state index in [4.69, 9.17) is 4.42 Å². The first-order valence-corrected chi connectivity index (χ1v) is 8.53. The van der Waals surface area contributed by atoms with Crippen LogP contribution in [-0.2, 0) is 13.0 Å². The van der Waals surface area contributed by atoms with Crippen molar-refractivity contribution in [2.75, 3.05) is 18.4 Å². The molecule has 3 aromatic rings. The highest BCUT2D eigenvalue weighted by Crippen LogP contribution is 2.24. The Kier molecular flexibility index (Phi) is 3.87. The summed E-state index contributed by atoms with van der Waals surface area (Å²) in [4.78, 5) is 14.7. The lowest BCUT2D eigenvalue weighted by molar-refractivity contribution is 0.0703. The molecule has 1 aromatic carbocycles. The van der Waals surface area contributed by atoms with Gasteiger partial charge in [-0.1, -0.05) is 11.6 Å². The maximum Gasteiger partial charge on any atom is 0.289 e. The number of fused-ring (bicyclic) bond motifs is 2. The van der Waals surface area contributed by atoms with E-state index in [2.05, 4.69) is 15.5 Å². The van der Waals surface area contributed by atoms with Crippen LogP contribution >= 0.6 is 0 Å². The number of amides is 1. The molecule has 0 radical (unpaired) electrons. The third kappa shape index (κ3) is 2.95. The van der Waals surface area contributed by atoms with E-state index >= 15 is 0 Å². The molecule has 0 saturated carbocycles. The van der Waals surface area contributed by atoms with Gasteiger partial charge in [-0.3, -0.25) is 4.79 Å². The van der Waals surface area contributed by atoms with Crippen molar-refractivity contribution in [3.63, 3.8) is 0 Å². The normalized spacial score (nSPS) is 13.8. The lowest BCUT2D eigenvalue weighted by atomic mass is 10.1. The molecule has 1 amide bonds. The van der Waals surface area contributed by atoms with Crippen LogP contribution in [0, 0.1) is 6.92 Å². The first-order chi connectivity index (χ1) is 12.1. The van der Waals surface area contributed by atoms with E-state index in [0.717, 1.165) is 40.2 Å². The number of nitrogens with zero attached hydrogens (tertiary/aromatic N) is 3. The van der Waals surface area contributed by atoms with E-state index in [1.54, 1.807) is 0 Å². The molecule has 0 fully saturated rings. The summed E-state index contributed by atoms with van der Waals surface area (Å²) in [5, 5.41) is 12.6. The van der Waals surface area contributed by atoms with Crippen LogP contribution in [0.1, 0.15) is 34.3 Å². The number of furan rings is 1. The van der Waals surface area contributed by atoms with Crippen LogP contribution in [0.4, 0.5) is 5.82 Å². The minimum Gasteiger partial charge on any atom is -0.451 e. The number of carbonyl (C=O) groups is 1. The first kappa shape index (κ1) is 15.6. The summed E-state index contributed by atoms with van der Waals surface area (Å²) in [6.07, 6.45) is 0.708. The van der Waals surface area contributed by atoms with E-state index in [-0.39, 0.29) is 5.91 Å². The van der Waals surface area contributed by atoms with E-state index < -0.39 is 0 Å². The molecule has 0 spiro atoms. The molecule has 1 aliphatic rings. The Morgan fingerprint density at radius 1 is 1.28 bits per heavy atom. The summed E-state index contributed by atoms with van der Waals surface area (Å²) in [6.45, 7) is 5.97. The number of benzene rings is 1. The van der Waals surface area contributed by atoms with Crippen LogP contribution in [-0.4, -0.2) is 34.1 Å². The lowest BCUT2D eigenvalue weighted by Gasteiger charge is -2.27. The van der Waals surface area contributed by atoms with Crippen LogP contribution in [0.3, 0.4) is 0 Å². The number of aryl methyl sites for hydroxylation is 1. The van der Waals surface area contributed by atoms with Crippen molar-refractivity contribution in [2.45, 2.75) is 26.8 Å². The zero-order chi connectivity index (χ0) is 17.4. The third-order valence-electron chi connectivity index (χ3n) is 4.47. The fraction of sp³-hybridized carbons (Fsp3) is 0.316. The SMILES string of the molecule is CCNc1cc2c(nn1)CCN(C(=O)c1cc3cc(C)ccc3o1)C2. The Bertz CT molecular complexity index is 948. The topological polar surface area (TPSA) is 71.3 Å². The summed E-state index contributed by atoms with van der Waals surface area (Å²) < 4.78 is 5.76. The minimum atomic E-state index is -0.0821. The van der Waals surface area contributed by atoms with Gasteiger partial charge in [0.1, 0.15) is 11.4 Å². The number of hydrogen-bond acceptors (Lipinski definition) is 5. The van der Waals surface area contributed by atoms with E-state index in [1.807, 2.05) is 49.1 Å². The second-order valence-corrected chi connectivity index (χ2v) is 6.36. The molecule has 25 heavy (non-hydrogen) atoms. The van der Waals surface area contributed by atoms with Gasteiger partial charge in [0, 0.05) is 31.4 Å². The van der Waals surface area contributed by atoms with Crippen molar-refractivity contribution in [3.05, 3.63) is 52.9 Å². The lowest BCUT2D eigenvalue weighted by Crippen LogP contribution is -2.36. The van der Waals surface area contributed by atoms with Crippen molar-refractivity contribution >= 4 is 22.7 Å². The second kappa shape index (κ2) is 6.20. The van der Waals surface area contributed by atoms with Crippen LogP contribution in [0.25, 0.3) is 11.0 Å². The molecule has 2 aromatic heterocycles. The average Bonchev–Trinajstić information content (AvgIpc) is 3.04. The Morgan fingerprint density at radius 2 is 2.16 bits per heavy atom. The van der Waals surface area contributed by atoms with Crippen molar-refractivity contribution < 1.29 is 9.21 Å². The third-order valence-corrected chi connectivity index (χ3v) is 4.47. The van der Waals surface area contributed by atoms with E-state index in [0.29, 0.717) is 25.3 Å². The molecule has 0 atom stereocenters. The summed E-state index contributed by atoms with van der Waals surface area (Å²) in [5.74, 6) is 1.05. The van der Waals surface area contributed by atoms with E-state index in [9.17, 15) is 4.79 Å². The molecule has 0 aliphatic carbocycles. The molecule has 0 saturated heterocycles. The van der Waals surface area contributed by atoms with Crippen molar-refractivity contribution in [1.82, 2.24) is 15.1 Å². The number of anilines is 1. The monoisotopic (exact) mass is 336 g/mol. The highest BCUT2D eigenvalue weighted by Gasteiger charge is 2.25. The summed E-state index contributed by atoms with van der Waals surface area (Å²) in [5.41, 5.74) is 3.89. The van der Waals surface area contributed by atoms with Gasteiger partial charge in [-0.05, 0) is 43.7 Å². The number of hydrogen-bond donors (Lipinski definition) is 1. The van der Waals surface area contributed by atoms with Crippen molar-refractivity contribution in [1.29, 1.82) is 0 Å². The Balaban J connectivity index is 1.59. The largest absolute Gasteiger partial charge is 0.451 e. The van der Waals surface area contributed by atoms with Gasteiger partial charge in [0.25, 0.3) is 5.91 Å². The standard InChI is InChI=1S/C19H20N4O2/c1-3-20-18-10-14-11-23(7-6-15(14)21-22-18)19(24)17-9-13-8-12(2)4-5-16(13)25-17/h4-5,8-10H,3,6-7,11H2,1-2H3,(H,20,22). The molecule has 128 valence electrons. The summed E-state index contributed by atoms with van der Waals surface area (Å²) >= 11 is 0. The molecule has 1 N–H and O–H groups in total. The van der Waals surface area contributed by atoms with Crippen LogP contribution in [0.2, 0.25) is 0 Å². The average molecular weight is 336 g/mol. The maximum absolute atomic E-state index is 12.9. The fourth-order valence-corrected chi connectivity index (χ4v) is 3.19. The number of carbonyl (C=O) groups excluding carboxylic acids is 1. The quantitative estimate of drug-likeness (QED) is 0.795. The van der Waals surface area contributed by atoms with Crippen LogP contribution in [0.5, 0.6) is 0 Å². The van der Waals surface area contributed by atoms with Gasteiger partial charge in [-0.25, -0.2) is 0 Å². The number of nitrogens with one attached hydrogen (secondary N) is 1. The first-order valence-electron chi connectivity index (χ1n) is 8.53. The van der Waals surface area contributed by atoms with Gasteiger partial charge in [0.2, 0.25) is 0 Å². The fourth-order valence-electron chi connectivity index (χ4n) is 3.19. The van der Waals surface area contributed by atoms with Crippen LogP contribution < -0.4 is 5.32 Å². The van der Waals surface area contributed by atoms with Gasteiger partial charge in [0.15, 0.2) is 5.76 Å². The predicted molar refractivity (Wildman–Crippen MR) is 95.6 cm³/mol. The van der Waals surface area contributed by atoms with Gasteiger partial charge in [-0.2, -0.15) is 5.10 Å². The molecule has 4 rings (SSSR count). The Hall–Kier alpha value is -2.89. The Labute approximate surface area is 145 Å². The highest BCUT2D eigenvalue weighted by atomic mass is 16.3. The smallest absolute Gasteiger partial charge is 0.289 e. The number of rotatable bonds is 3. The molecule has 0 unspecified atom stereocenters. The van der Waals surface area contributed by atoms with Crippen molar-refractivity contribution in [3.8, 4) is 0 Å². The van der Waals surface area contributed by atoms with Gasteiger partial charge >= 0.3 is 0 Å². The molecule has 3 heterocycles. The molecule has 6 nitrogen and oxygen atoms in total. The number of aromatic nitrogens is 2. The van der Waals surface area contributed by atoms with Gasteiger partial charge < -0.3 is 14.6 Å². The highest BCUT2D eigenvalue weighted by molar-refractivity contribution is 5.96. The zero-order valence-corrected chi connectivity index (χ0v) is 14.4. The summed E-state index contributed by atoms with van der Waals surface area (Å²) in [6, 6.07) is 9.73. The second-order valence-electron chi connectivity index (χ2n) is 6.36. The van der Waals surface area contributed by atoms with Crippen LogP contribution in [0.15, 0.2) is 34.7 Å². The van der Waals surface area contributed by atoms with Gasteiger partial charge in [0.05, 0.1) is 5.69 Å². The Morgan fingerprint density at radius 3 is 3.00 bits per heavy atom. The molecule has 6 heteroatoms. The molecule has 1 aliphatic heterocycles. The molecular formula is C19H20N4O2. The summed E-state index contributed by atoms with van der Waals surface area (Å²) in [7, 11) is 0. The maximum atomic E-state index is 12.9. The molecule has 0 bridgehead atoms. The van der Waals surface area contributed by atoms with E-state index in [1.165, 1.54) is 0 Å². The van der Waals surface area contributed by atoms with Gasteiger partial charge in [-0.15, -0.1) is 5.10 Å². The minimum absolute atomic E-state index is 0.0821. The predicted octanol–water partition coefficient (Wildman–Crippen LogP) is 3.16. The zero-order valence-electron chi connectivity index (χ0n) is 14.4.